The third kappa shape index (κ3) is 17.8. The van der Waals surface area contributed by atoms with E-state index in [1.807, 2.05) is 0 Å². The second kappa shape index (κ2) is 19.5. The van der Waals surface area contributed by atoms with Crippen molar-refractivity contribution in [3.05, 3.63) is 12.7 Å². The van der Waals surface area contributed by atoms with Gasteiger partial charge in [-0.25, -0.2) is 0 Å². The van der Waals surface area contributed by atoms with Crippen LogP contribution in [0.4, 0.5) is 0 Å². The summed E-state index contributed by atoms with van der Waals surface area (Å²) in [6, 6.07) is 0. The first-order valence-electron chi connectivity index (χ1n) is 11.0. The maximum Gasteiger partial charge on any atom is 0.306 e. The molecule has 0 aromatic heterocycles. The summed E-state index contributed by atoms with van der Waals surface area (Å²) < 4.78 is 4.98. The molecule has 0 rings (SSSR count). The lowest BCUT2D eigenvalue weighted by Gasteiger charge is -2.14. The Hall–Kier alpha value is -0.790. The number of rotatable bonds is 19. The summed E-state index contributed by atoms with van der Waals surface area (Å²) in [7, 11) is 0. The molecule has 25 heavy (non-hydrogen) atoms. The summed E-state index contributed by atoms with van der Waals surface area (Å²) in [5.74, 6) is 0.867. The van der Waals surface area contributed by atoms with E-state index in [0.29, 0.717) is 13.0 Å². The molecule has 0 aromatic rings. The molecule has 1 atom stereocenters. The van der Waals surface area contributed by atoms with E-state index in [2.05, 4.69) is 20.4 Å². The van der Waals surface area contributed by atoms with E-state index < -0.39 is 0 Å². The Kier molecular flexibility index (Phi) is 18.9. The van der Waals surface area contributed by atoms with E-state index in [4.69, 9.17) is 4.74 Å². The van der Waals surface area contributed by atoms with Gasteiger partial charge < -0.3 is 4.74 Å². The van der Waals surface area contributed by atoms with Crippen LogP contribution in [0.25, 0.3) is 0 Å². The molecule has 2 nitrogen and oxygen atoms in total. The first kappa shape index (κ1) is 24.2. The van der Waals surface area contributed by atoms with Crippen molar-refractivity contribution in [2.45, 2.75) is 117 Å². The Morgan fingerprint density at radius 2 is 1.36 bits per heavy atom. The molecule has 148 valence electrons. The number of unbranched alkanes of at least 4 members (excludes halogenated alkanes) is 10. The Morgan fingerprint density at radius 1 is 0.840 bits per heavy atom. The van der Waals surface area contributed by atoms with E-state index in [1.165, 1.54) is 83.5 Å². The summed E-state index contributed by atoms with van der Waals surface area (Å²) in [6.45, 7) is 8.52. The van der Waals surface area contributed by atoms with Gasteiger partial charge in [0.1, 0.15) is 6.61 Å². The Morgan fingerprint density at radius 3 is 1.88 bits per heavy atom. The van der Waals surface area contributed by atoms with Crippen LogP contribution in [0.2, 0.25) is 0 Å². The quantitative estimate of drug-likeness (QED) is 0.136. The molecule has 0 amide bonds. The summed E-state index contributed by atoms with van der Waals surface area (Å²) in [6.07, 6.45) is 22.3. The first-order chi connectivity index (χ1) is 12.2. The number of esters is 1. The molecule has 0 aliphatic heterocycles. The van der Waals surface area contributed by atoms with Gasteiger partial charge in [-0.2, -0.15) is 0 Å². The molecule has 0 spiro atoms. The summed E-state index contributed by atoms with van der Waals surface area (Å²) in [5, 5.41) is 0. The normalized spacial score (nSPS) is 12.1. The maximum absolute atomic E-state index is 11.3. The van der Waals surface area contributed by atoms with Gasteiger partial charge in [-0.3, -0.25) is 4.79 Å². The lowest BCUT2D eigenvalue weighted by molar-refractivity contribution is -0.142. The van der Waals surface area contributed by atoms with Gasteiger partial charge in [-0.05, 0) is 12.3 Å². The van der Waals surface area contributed by atoms with Crippen LogP contribution < -0.4 is 0 Å². The zero-order chi connectivity index (χ0) is 18.6. The number of hydrogen-bond donors (Lipinski definition) is 0. The molecular weight excluding hydrogens is 308 g/mol. The van der Waals surface area contributed by atoms with E-state index in [-0.39, 0.29) is 5.97 Å². The van der Waals surface area contributed by atoms with Crippen LogP contribution in [-0.2, 0) is 9.53 Å². The lowest BCUT2D eigenvalue weighted by Crippen LogP contribution is -2.03. The first-order valence-corrected chi connectivity index (χ1v) is 11.0. The van der Waals surface area contributed by atoms with Crippen LogP contribution >= 0.6 is 0 Å². The van der Waals surface area contributed by atoms with Crippen molar-refractivity contribution in [2.24, 2.45) is 5.92 Å². The minimum absolute atomic E-state index is 0.0830. The summed E-state index contributed by atoms with van der Waals surface area (Å²) in [5.41, 5.74) is 0. The van der Waals surface area contributed by atoms with Crippen molar-refractivity contribution in [1.82, 2.24) is 0 Å². The minimum atomic E-state index is -0.0830. The van der Waals surface area contributed by atoms with Crippen LogP contribution in [0.1, 0.15) is 117 Å². The number of carbonyl (C=O) groups is 1. The van der Waals surface area contributed by atoms with Gasteiger partial charge in [0.15, 0.2) is 0 Å². The Labute approximate surface area is 157 Å². The van der Waals surface area contributed by atoms with Gasteiger partial charge >= 0.3 is 5.97 Å². The number of hydrogen-bond acceptors (Lipinski definition) is 2. The Bertz CT molecular complexity index is 298. The van der Waals surface area contributed by atoms with E-state index in [1.54, 1.807) is 6.08 Å². The van der Waals surface area contributed by atoms with Crippen molar-refractivity contribution in [1.29, 1.82) is 0 Å². The second-order valence-electron chi connectivity index (χ2n) is 7.46. The van der Waals surface area contributed by atoms with Crippen molar-refractivity contribution in [3.63, 3.8) is 0 Å². The molecule has 0 radical (unpaired) electrons. The monoisotopic (exact) mass is 352 g/mol. The Balaban J connectivity index is 3.37. The highest BCUT2D eigenvalue weighted by Gasteiger charge is 2.06. The van der Waals surface area contributed by atoms with Crippen LogP contribution in [0, 0.1) is 5.92 Å². The molecule has 1 unspecified atom stereocenters. The predicted octanol–water partition coefficient (Wildman–Crippen LogP) is 7.61. The van der Waals surface area contributed by atoms with E-state index in [9.17, 15) is 4.79 Å². The van der Waals surface area contributed by atoms with Gasteiger partial charge in [0.05, 0.1) is 0 Å². The van der Waals surface area contributed by atoms with Gasteiger partial charge in [0.2, 0.25) is 0 Å². The fourth-order valence-electron chi connectivity index (χ4n) is 3.40. The molecule has 0 N–H and O–H groups in total. The molecule has 2 heteroatoms. The average Bonchev–Trinajstić information content (AvgIpc) is 2.63. The molecule has 0 saturated carbocycles. The van der Waals surface area contributed by atoms with E-state index >= 15 is 0 Å². The molecule has 0 aliphatic carbocycles. The van der Waals surface area contributed by atoms with Gasteiger partial charge in [-0.15, -0.1) is 0 Å². The molecule has 0 heterocycles. The van der Waals surface area contributed by atoms with Crippen LogP contribution in [0.5, 0.6) is 0 Å². The molecule has 0 aromatic carbocycles. The van der Waals surface area contributed by atoms with Crippen molar-refractivity contribution < 1.29 is 9.53 Å². The fraction of sp³-hybridized carbons (Fsp3) is 0.870. The van der Waals surface area contributed by atoms with E-state index in [0.717, 1.165) is 18.8 Å². The average molecular weight is 353 g/mol. The number of ether oxygens (including phenoxy) is 1. The third-order valence-corrected chi connectivity index (χ3v) is 5.15. The molecule has 0 aliphatic rings. The highest BCUT2D eigenvalue weighted by atomic mass is 16.5. The minimum Gasteiger partial charge on any atom is -0.461 e. The van der Waals surface area contributed by atoms with Crippen molar-refractivity contribution >= 4 is 5.97 Å². The molecular formula is C23H44O2. The zero-order valence-corrected chi connectivity index (χ0v) is 17.2. The fourth-order valence-corrected chi connectivity index (χ4v) is 3.40. The van der Waals surface area contributed by atoms with Gasteiger partial charge in [0, 0.05) is 6.42 Å². The lowest BCUT2D eigenvalue weighted by atomic mass is 9.92. The predicted molar refractivity (Wildman–Crippen MR) is 110 cm³/mol. The van der Waals surface area contributed by atoms with Crippen LogP contribution in [0.3, 0.4) is 0 Å². The summed E-state index contributed by atoms with van der Waals surface area (Å²) in [4.78, 5) is 11.3. The second-order valence-corrected chi connectivity index (χ2v) is 7.46. The van der Waals surface area contributed by atoms with Gasteiger partial charge in [-0.1, -0.05) is 116 Å². The van der Waals surface area contributed by atoms with Crippen molar-refractivity contribution in [2.75, 3.05) is 6.61 Å². The summed E-state index contributed by atoms with van der Waals surface area (Å²) >= 11 is 0. The third-order valence-electron chi connectivity index (χ3n) is 5.15. The molecule has 0 fully saturated rings. The molecule has 0 bridgehead atoms. The smallest absolute Gasteiger partial charge is 0.306 e. The number of carbonyl (C=O) groups excluding carboxylic acids is 1. The highest BCUT2D eigenvalue weighted by molar-refractivity contribution is 5.69. The highest BCUT2D eigenvalue weighted by Crippen LogP contribution is 2.21. The largest absolute Gasteiger partial charge is 0.461 e. The SMILES string of the molecule is C=CCOC(=O)CCCCCCCCC(CC)CCCCCCCC. The van der Waals surface area contributed by atoms with Crippen LogP contribution in [0.15, 0.2) is 12.7 Å². The molecule has 0 saturated heterocycles. The maximum atomic E-state index is 11.3. The zero-order valence-electron chi connectivity index (χ0n) is 17.2. The van der Waals surface area contributed by atoms with Crippen LogP contribution in [-0.4, -0.2) is 12.6 Å². The van der Waals surface area contributed by atoms with Gasteiger partial charge in [0.25, 0.3) is 0 Å². The topological polar surface area (TPSA) is 26.3 Å². The standard InChI is InChI=1S/C23H44O2/c1-4-7-8-9-12-15-18-22(6-3)19-16-13-10-11-14-17-20-23(24)25-21-5-2/h5,22H,2,4,6-21H2,1,3H3. The van der Waals surface area contributed by atoms with Crippen molar-refractivity contribution in [3.8, 4) is 0 Å².